The van der Waals surface area contributed by atoms with E-state index in [9.17, 15) is 23.8 Å². The topological polar surface area (TPSA) is 397 Å². The van der Waals surface area contributed by atoms with Gasteiger partial charge in [0.05, 0.1) is 65.5 Å². The molecular formula is C31H50N12O17P2. The molecule has 0 amide bonds. The van der Waals surface area contributed by atoms with Gasteiger partial charge in [-0.3, -0.25) is 22.7 Å². The molecule has 31 heteroatoms. The molecule has 0 spiro atoms. The minimum absolute atomic E-state index is 0.0280. The Morgan fingerprint density at radius 2 is 1.11 bits per heavy atom. The fourth-order valence-corrected chi connectivity index (χ4v) is 8.04. The van der Waals surface area contributed by atoms with Crippen LogP contribution in [0.25, 0.3) is 22.3 Å². The van der Waals surface area contributed by atoms with Crippen LogP contribution in [-0.4, -0.2) is 177 Å². The molecule has 4 aromatic rings. The normalized spacial score (nSPS) is 25.3. The van der Waals surface area contributed by atoms with Crippen LogP contribution in [0.3, 0.4) is 0 Å². The van der Waals surface area contributed by atoms with Crippen molar-refractivity contribution in [1.29, 1.82) is 0 Å². The van der Waals surface area contributed by atoms with Crippen LogP contribution >= 0.6 is 15.6 Å². The predicted octanol–water partition coefficient (Wildman–Crippen LogP) is -2.08. The Kier molecular flexibility index (Phi) is 17.3. The van der Waals surface area contributed by atoms with E-state index < -0.39 is 78.1 Å². The van der Waals surface area contributed by atoms with Crippen molar-refractivity contribution in [3.63, 3.8) is 0 Å². The average Bonchev–Trinajstić information content (AvgIpc) is 4.01. The van der Waals surface area contributed by atoms with Crippen molar-refractivity contribution in [3.05, 3.63) is 25.3 Å². The molecular weight excluding hydrogens is 874 g/mol. The summed E-state index contributed by atoms with van der Waals surface area (Å²) < 4.78 is 97.1. The molecule has 2 fully saturated rings. The highest BCUT2D eigenvalue weighted by molar-refractivity contribution is 7.47. The van der Waals surface area contributed by atoms with E-state index in [4.69, 9.17) is 79.1 Å². The van der Waals surface area contributed by atoms with E-state index in [-0.39, 0.29) is 73.8 Å². The van der Waals surface area contributed by atoms with E-state index in [1.807, 2.05) is 0 Å². The van der Waals surface area contributed by atoms with Gasteiger partial charge in [0.25, 0.3) is 0 Å². The first-order valence-electron chi connectivity index (χ1n) is 18.9. The van der Waals surface area contributed by atoms with Crippen molar-refractivity contribution in [2.24, 2.45) is 11.5 Å². The number of imidazole rings is 2. The monoisotopic (exact) mass is 924 g/mol. The van der Waals surface area contributed by atoms with E-state index in [0.29, 0.717) is 26.3 Å². The van der Waals surface area contributed by atoms with Crippen molar-refractivity contribution >= 4 is 49.6 Å². The van der Waals surface area contributed by atoms with Gasteiger partial charge in [-0.2, -0.15) is 0 Å². The van der Waals surface area contributed by atoms with Crippen LogP contribution < -0.4 is 22.9 Å². The Bertz CT molecular complexity index is 2120. The summed E-state index contributed by atoms with van der Waals surface area (Å²) in [5.41, 5.74) is 23.8. The largest absolute Gasteiger partial charge is 0.472 e. The Morgan fingerprint density at radius 3 is 1.58 bits per heavy atom. The van der Waals surface area contributed by atoms with Crippen molar-refractivity contribution in [3.8, 4) is 0 Å². The Labute approximate surface area is 352 Å². The summed E-state index contributed by atoms with van der Waals surface area (Å²) in [6.07, 6.45) is -5.71. The third-order valence-electron chi connectivity index (χ3n) is 9.10. The number of anilines is 2. The van der Waals surface area contributed by atoms with Gasteiger partial charge in [0.2, 0.25) is 0 Å². The van der Waals surface area contributed by atoms with Gasteiger partial charge >= 0.3 is 15.6 Å². The number of hydrogen-bond acceptors (Lipinski definition) is 24. The van der Waals surface area contributed by atoms with Crippen LogP contribution in [0.1, 0.15) is 12.5 Å². The van der Waals surface area contributed by atoms with E-state index >= 15 is 0 Å². The van der Waals surface area contributed by atoms with Crippen LogP contribution in [-0.2, 0) is 65.3 Å². The standard InChI is InChI=1S/C31H50N12O17P2/c1-49-10-18-23(25(55-17-53-9-7-51-5-3-33)31(57-18)43-15-41-21-27(35)37-13-39-29(21)43)60-62(47,48)56-11-19-22(59-61(44,45)46)24(54-16-52-8-6-50-4-2-32)30(58-19)42-14-40-20-26(34)36-12-38-28(20)42/h12-15,18-19,22-25,30-31H,2-11,16-17,32-33H2,1H3,(H,47,48)(H2,34,36,38)(H2,35,37,39)(H2,44,45,46)/t18-,19-,22+,23+,24?,25?,30-,31-/m1/s1. The second kappa shape index (κ2) is 22.4. The molecule has 2 aliphatic heterocycles. The third kappa shape index (κ3) is 12.2. The molecule has 29 nitrogen and oxygen atoms in total. The Hall–Kier alpha value is -3.52. The molecule has 346 valence electrons. The first-order valence-corrected chi connectivity index (χ1v) is 21.9. The molecule has 6 rings (SSSR count). The number of nitrogen functional groups attached to an aromatic ring is 2. The molecule has 3 unspecified atom stereocenters. The third-order valence-corrected chi connectivity index (χ3v) is 10.6. The SMILES string of the molecule is COC[C@H]1O[C@@H](n2cnc3c(N)ncnc32)C(OCOCCOCCN)[C@H]1OP(=O)(O)OC[C@H]1O[C@@H](n2cnc3c(N)ncnc32)C(OCOCCOCCN)[C@H]1OP(=O)(O)O. The zero-order chi connectivity index (χ0) is 44.3. The van der Waals surface area contributed by atoms with Gasteiger partial charge in [0.15, 0.2) is 35.4 Å². The molecule has 0 radical (unpaired) electrons. The van der Waals surface area contributed by atoms with Crippen molar-refractivity contribution in [1.82, 2.24) is 39.0 Å². The maximum Gasteiger partial charge on any atom is 0.472 e. The fraction of sp³-hybridized carbons (Fsp3) is 0.677. The molecule has 9 atom stereocenters. The predicted molar refractivity (Wildman–Crippen MR) is 208 cm³/mol. The highest BCUT2D eigenvalue weighted by atomic mass is 31.2. The Morgan fingerprint density at radius 1 is 0.645 bits per heavy atom. The zero-order valence-electron chi connectivity index (χ0n) is 33.3. The number of phosphoric ester groups is 2. The molecule has 62 heavy (non-hydrogen) atoms. The lowest BCUT2D eigenvalue weighted by Gasteiger charge is -2.27. The van der Waals surface area contributed by atoms with Gasteiger partial charge in [-0.15, -0.1) is 0 Å². The number of rotatable bonds is 27. The van der Waals surface area contributed by atoms with Gasteiger partial charge in [-0.05, 0) is 0 Å². The van der Waals surface area contributed by atoms with Gasteiger partial charge in [-0.1, -0.05) is 0 Å². The quantitative estimate of drug-likeness (QED) is 0.0192. The van der Waals surface area contributed by atoms with Gasteiger partial charge in [0, 0.05) is 20.2 Å². The molecule has 11 N–H and O–H groups in total. The lowest BCUT2D eigenvalue weighted by Crippen LogP contribution is -2.39. The summed E-state index contributed by atoms with van der Waals surface area (Å²) in [6, 6.07) is 0. The van der Waals surface area contributed by atoms with Crippen LogP contribution in [0.2, 0.25) is 0 Å². The van der Waals surface area contributed by atoms with Crippen LogP contribution in [0.15, 0.2) is 25.3 Å². The number of hydrogen-bond donors (Lipinski definition) is 7. The fourth-order valence-electron chi connectivity index (χ4n) is 6.51. The van der Waals surface area contributed by atoms with E-state index in [1.165, 1.54) is 41.6 Å². The number of phosphoric acid groups is 2. The van der Waals surface area contributed by atoms with Crippen molar-refractivity contribution in [2.75, 3.05) is 98.1 Å². The molecule has 0 saturated carbocycles. The second-order valence-electron chi connectivity index (χ2n) is 13.3. The molecule has 4 aromatic heterocycles. The van der Waals surface area contributed by atoms with Crippen molar-refractivity contribution < 1.29 is 80.0 Å². The summed E-state index contributed by atoms with van der Waals surface area (Å²) >= 11 is 0. The molecule has 2 aliphatic rings. The van der Waals surface area contributed by atoms with E-state index in [0.717, 1.165) is 0 Å². The van der Waals surface area contributed by atoms with Crippen molar-refractivity contribution in [2.45, 2.75) is 49.1 Å². The number of aromatic nitrogens is 8. The highest BCUT2D eigenvalue weighted by Crippen LogP contribution is 2.51. The lowest BCUT2D eigenvalue weighted by atomic mass is 10.1. The van der Waals surface area contributed by atoms with Crippen LogP contribution in [0.5, 0.6) is 0 Å². The summed E-state index contributed by atoms with van der Waals surface area (Å²) in [5, 5.41) is 0. The lowest BCUT2D eigenvalue weighted by molar-refractivity contribution is -0.143. The maximum atomic E-state index is 13.9. The minimum Gasteiger partial charge on any atom is -0.382 e. The Balaban J connectivity index is 1.23. The van der Waals surface area contributed by atoms with Crippen LogP contribution in [0.4, 0.5) is 11.6 Å². The average molecular weight is 925 g/mol. The van der Waals surface area contributed by atoms with Crippen LogP contribution in [0, 0.1) is 0 Å². The van der Waals surface area contributed by atoms with E-state index in [2.05, 4.69) is 29.9 Å². The maximum absolute atomic E-state index is 13.9. The summed E-state index contributed by atoms with van der Waals surface area (Å²) in [7, 11) is -9.14. The molecule has 0 aromatic carbocycles. The number of nitrogens with zero attached hydrogens (tertiary/aromatic N) is 8. The highest BCUT2D eigenvalue weighted by Gasteiger charge is 2.53. The summed E-state index contributed by atoms with van der Waals surface area (Å²) in [4.78, 5) is 56.2. The number of nitrogens with two attached hydrogens (primary N) is 4. The summed E-state index contributed by atoms with van der Waals surface area (Å²) in [5.74, 6) is 0.115. The second-order valence-corrected chi connectivity index (χ2v) is 15.9. The van der Waals surface area contributed by atoms with E-state index in [1.54, 1.807) is 0 Å². The van der Waals surface area contributed by atoms with Gasteiger partial charge in [0.1, 0.15) is 73.9 Å². The molecule has 6 heterocycles. The number of methoxy groups -OCH3 is 1. The molecule has 2 saturated heterocycles. The zero-order valence-corrected chi connectivity index (χ0v) is 35.0. The summed E-state index contributed by atoms with van der Waals surface area (Å²) in [6.45, 7) is -0.0608. The minimum atomic E-state index is -5.31. The number of fused-ring (bicyclic) bond motifs is 2. The smallest absolute Gasteiger partial charge is 0.382 e. The van der Waals surface area contributed by atoms with Gasteiger partial charge in [-0.25, -0.2) is 39.0 Å². The molecule has 0 aliphatic carbocycles. The first-order chi connectivity index (χ1) is 29.9. The first kappa shape index (κ1) is 47.9. The molecule has 0 bridgehead atoms. The van der Waals surface area contributed by atoms with Gasteiger partial charge < -0.3 is 80.2 Å². The number of ether oxygens (including phenoxy) is 9.